The minimum absolute atomic E-state index is 0.355. The van der Waals surface area contributed by atoms with Gasteiger partial charge in [0.1, 0.15) is 6.10 Å². The lowest BCUT2D eigenvalue weighted by molar-refractivity contribution is 0.0596. The van der Waals surface area contributed by atoms with Crippen LogP contribution in [0.2, 0.25) is 0 Å². The maximum absolute atomic E-state index is 10.3. The van der Waals surface area contributed by atoms with Crippen molar-refractivity contribution in [1.29, 1.82) is 0 Å². The second-order valence-electron chi connectivity index (χ2n) is 11.4. The molecule has 3 saturated carbocycles. The van der Waals surface area contributed by atoms with Gasteiger partial charge < -0.3 is 15.3 Å². The molecule has 0 aromatic carbocycles. The molecule has 3 aliphatic carbocycles. The molecule has 0 amide bonds. The van der Waals surface area contributed by atoms with Crippen molar-refractivity contribution in [2.45, 2.75) is 103 Å². The Kier molecular flexibility index (Phi) is 7.40. The summed E-state index contributed by atoms with van der Waals surface area (Å²) in [5, 5.41) is 30.5. The molecule has 31 heavy (non-hydrogen) atoms. The second-order valence-corrected chi connectivity index (χ2v) is 11.4. The average Bonchev–Trinajstić information content (AvgIpc) is 3.04. The minimum Gasteiger partial charge on any atom is -0.390 e. The highest BCUT2D eigenvalue weighted by molar-refractivity contribution is 5.45. The summed E-state index contributed by atoms with van der Waals surface area (Å²) in [5.41, 5.74) is 3.41. The molecule has 0 aromatic rings. The molecule has 0 radical (unpaired) electrons. The van der Waals surface area contributed by atoms with Gasteiger partial charge in [-0.3, -0.25) is 0 Å². The maximum Gasteiger partial charge on any atom is 0.102 e. The Balaban J connectivity index is 1.72. The number of aliphatic hydroxyl groups excluding tert-OH is 2. The number of rotatable bonds is 6. The van der Waals surface area contributed by atoms with Crippen LogP contribution in [0.15, 0.2) is 47.6 Å². The van der Waals surface area contributed by atoms with Crippen molar-refractivity contribution >= 4 is 0 Å². The highest BCUT2D eigenvalue weighted by atomic mass is 16.3. The quantitative estimate of drug-likeness (QED) is 0.464. The van der Waals surface area contributed by atoms with Gasteiger partial charge in [-0.05, 0) is 92.3 Å². The molecule has 0 bridgehead atoms. The smallest absolute Gasteiger partial charge is 0.102 e. The molecule has 0 aliphatic heterocycles. The molecule has 3 aliphatic rings. The fourth-order valence-corrected chi connectivity index (χ4v) is 6.71. The van der Waals surface area contributed by atoms with Crippen molar-refractivity contribution in [2.24, 2.45) is 23.2 Å². The van der Waals surface area contributed by atoms with Gasteiger partial charge in [0, 0.05) is 6.42 Å². The molecule has 0 heterocycles. The largest absolute Gasteiger partial charge is 0.390 e. The van der Waals surface area contributed by atoms with Crippen LogP contribution in [0.4, 0.5) is 0 Å². The fraction of sp³-hybridized carbons (Fsp3) is 0.714. The van der Waals surface area contributed by atoms with E-state index in [9.17, 15) is 15.3 Å². The maximum atomic E-state index is 10.3. The molecule has 3 N–H and O–H groups in total. The normalized spacial score (nSPS) is 38.0. The first-order chi connectivity index (χ1) is 14.4. The van der Waals surface area contributed by atoms with Gasteiger partial charge in [-0.25, -0.2) is 0 Å². The van der Waals surface area contributed by atoms with Gasteiger partial charge in [-0.1, -0.05) is 57.6 Å². The molecule has 0 aromatic heterocycles. The van der Waals surface area contributed by atoms with Crippen LogP contribution in [0, 0.1) is 23.2 Å². The fourth-order valence-electron chi connectivity index (χ4n) is 6.71. The van der Waals surface area contributed by atoms with E-state index in [-0.39, 0.29) is 0 Å². The Morgan fingerprint density at radius 1 is 1.19 bits per heavy atom. The van der Waals surface area contributed by atoms with Crippen molar-refractivity contribution in [3.63, 3.8) is 0 Å². The summed E-state index contributed by atoms with van der Waals surface area (Å²) in [6.45, 7) is 16.6. The van der Waals surface area contributed by atoms with Gasteiger partial charge in [-0.15, -0.1) is 0 Å². The molecular formula is C28H44O3. The second kappa shape index (κ2) is 9.37. The van der Waals surface area contributed by atoms with Crippen LogP contribution in [-0.4, -0.2) is 33.1 Å². The Labute approximate surface area is 189 Å². The third-order valence-electron chi connectivity index (χ3n) is 8.61. The molecule has 3 nitrogen and oxygen atoms in total. The lowest BCUT2D eigenvalue weighted by Crippen LogP contribution is -2.36. The molecule has 0 unspecified atom stereocenters. The van der Waals surface area contributed by atoms with Crippen LogP contribution in [-0.2, 0) is 0 Å². The number of fused-ring (bicyclic) bond motifs is 1. The van der Waals surface area contributed by atoms with Crippen LogP contribution in [0.3, 0.4) is 0 Å². The van der Waals surface area contributed by atoms with Crippen molar-refractivity contribution < 1.29 is 15.3 Å². The number of aliphatic hydroxyl groups is 3. The van der Waals surface area contributed by atoms with E-state index in [1.165, 1.54) is 37.7 Å². The number of hydrogen-bond acceptors (Lipinski definition) is 3. The summed E-state index contributed by atoms with van der Waals surface area (Å²) in [6, 6.07) is 0. The predicted octanol–water partition coefficient (Wildman–Crippen LogP) is 5.87. The Morgan fingerprint density at radius 2 is 1.90 bits per heavy atom. The highest BCUT2D eigenvalue weighted by Crippen LogP contribution is 2.60. The summed E-state index contributed by atoms with van der Waals surface area (Å²) < 4.78 is 0. The SMILES string of the molecule is C=C1/C(=C/C=C2\CCC[C@]3(C)[C@@H]([C@H](C)CCCC(C)(C)O)CC[C@@H]23)C[C@@H](O)C(=C)[C@@H]1O. The third-order valence-corrected chi connectivity index (χ3v) is 8.61. The zero-order valence-corrected chi connectivity index (χ0v) is 20.2. The lowest BCUT2D eigenvalue weighted by Gasteiger charge is -2.44. The molecule has 0 saturated heterocycles. The van der Waals surface area contributed by atoms with E-state index in [0.29, 0.717) is 34.8 Å². The van der Waals surface area contributed by atoms with E-state index in [0.717, 1.165) is 30.8 Å². The van der Waals surface area contributed by atoms with E-state index in [1.54, 1.807) is 0 Å². The molecule has 6 atom stereocenters. The highest BCUT2D eigenvalue weighted by Gasteiger charge is 2.50. The van der Waals surface area contributed by atoms with Gasteiger partial charge >= 0.3 is 0 Å². The first-order valence-electron chi connectivity index (χ1n) is 12.3. The summed E-state index contributed by atoms with van der Waals surface area (Å²) in [5.74, 6) is 2.05. The van der Waals surface area contributed by atoms with Crippen LogP contribution >= 0.6 is 0 Å². The van der Waals surface area contributed by atoms with Crippen LogP contribution < -0.4 is 0 Å². The van der Waals surface area contributed by atoms with Crippen LogP contribution in [0.25, 0.3) is 0 Å². The predicted molar refractivity (Wildman–Crippen MR) is 129 cm³/mol. The summed E-state index contributed by atoms with van der Waals surface area (Å²) in [4.78, 5) is 0. The van der Waals surface area contributed by atoms with Gasteiger partial charge in [0.05, 0.1) is 11.7 Å². The van der Waals surface area contributed by atoms with Gasteiger partial charge in [-0.2, -0.15) is 0 Å². The van der Waals surface area contributed by atoms with Crippen LogP contribution in [0.5, 0.6) is 0 Å². The average molecular weight is 429 g/mol. The lowest BCUT2D eigenvalue weighted by atomic mass is 9.60. The zero-order chi connectivity index (χ0) is 23.0. The number of allylic oxidation sites excluding steroid dienone is 3. The van der Waals surface area contributed by atoms with E-state index >= 15 is 0 Å². The van der Waals surface area contributed by atoms with Gasteiger partial charge in [0.25, 0.3) is 0 Å². The van der Waals surface area contributed by atoms with E-state index < -0.39 is 17.8 Å². The summed E-state index contributed by atoms with van der Waals surface area (Å²) in [7, 11) is 0. The van der Waals surface area contributed by atoms with Crippen molar-refractivity contribution in [3.8, 4) is 0 Å². The first-order valence-corrected chi connectivity index (χ1v) is 12.3. The third kappa shape index (κ3) is 5.26. The molecule has 3 heteroatoms. The van der Waals surface area contributed by atoms with Crippen molar-refractivity contribution in [2.75, 3.05) is 0 Å². The zero-order valence-electron chi connectivity index (χ0n) is 20.2. The molecular weight excluding hydrogens is 384 g/mol. The van der Waals surface area contributed by atoms with Crippen LogP contribution in [0.1, 0.15) is 85.5 Å². The van der Waals surface area contributed by atoms with Crippen molar-refractivity contribution in [3.05, 3.63) is 47.6 Å². The van der Waals surface area contributed by atoms with Gasteiger partial charge in [0.2, 0.25) is 0 Å². The van der Waals surface area contributed by atoms with Crippen molar-refractivity contribution in [1.82, 2.24) is 0 Å². The van der Waals surface area contributed by atoms with E-state index in [1.807, 2.05) is 13.8 Å². The van der Waals surface area contributed by atoms with E-state index in [2.05, 4.69) is 39.2 Å². The number of hydrogen-bond donors (Lipinski definition) is 3. The van der Waals surface area contributed by atoms with Gasteiger partial charge in [0.15, 0.2) is 0 Å². The molecule has 3 fully saturated rings. The molecule has 174 valence electrons. The Morgan fingerprint density at radius 3 is 2.58 bits per heavy atom. The monoisotopic (exact) mass is 428 g/mol. The topological polar surface area (TPSA) is 60.7 Å². The minimum atomic E-state index is -0.842. The standard InChI is InChI=1S/C28H44O3/c1-18(9-7-15-27(4,5)31)23-13-14-24-21(10-8-16-28(23,24)6)11-12-22-17-25(29)20(3)26(30)19(22)2/h11-12,18,23-26,29-31H,2-3,7-10,13-17H2,1,4-6H3/b21-11+,22-12+/t18-,23-,24+,25-,26-,28-/m1/s1. The molecule has 0 spiro atoms. The Hall–Kier alpha value is -1.16. The Bertz CT molecular complexity index is 753. The first kappa shape index (κ1) is 24.5. The molecule has 3 rings (SSSR count). The summed E-state index contributed by atoms with van der Waals surface area (Å²) >= 11 is 0. The summed E-state index contributed by atoms with van der Waals surface area (Å²) in [6.07, 6.45) is 12.7. The van der Waals surface area contributed by atoms with E-state index in [4.69, 9.17) is 0 Å².